The molecule has 154 valence electrons. The standard InChI is InChI=1S/C19H15Cl2N5O3S/c1-2-29-19(28)15(25-23-13-9-5-3-7-11(13)20)17-22-16(27)18(30-17)26-24-14-10-6-4-8-12(14)21/h3-10,23,27H,2H2,1H3. The molecular formula is C19H15Cl2N5O3S. The van der Waals surface area contributed by atoms with E-state index in [0.717, 1.165) is 11.3 Å². The Morgan fingerprint density at radius 3 is 2.53 bits per heavy atom. The van der Waals surface area contributed by atoms with E-state index in [9.17, 15) is 9.90 Å². The number of carbonyl (C=O) groups excluding carboxylic acids is 1. The molecule has 0 bridgehead atoms. The van der Waals surface area contributed by atoms with Gasteiger partial charge in [0.2, 0.25) is 10.7 Å². The Balaban J connectivity index is 1.91. The van der Waals surface area contributed by atoms with Crippen molar-refractivity contribution in [3.8, 4) is 5.88 Å². The number of benzene rings is 2. The van der Waals surface area contributed by atoms with E-state index < -0.39 is 11.8 Å². The quantitative estimate of drug-likeness (QED) is 0.194. The van der Waals surface area contributed by atoms with Crippen LogP contribution in [-0.2, 0) is 9.53 Å². The van der Waals surface area contributed by atoms with Crippen molar-refractivity contribution in [2.24, 2.45) is 15.3 Å². The molecule has 2 aromatic carbocycles. The van der Waals surface area contributed by atoms with Gasteiger partial charge in [-0.3, -0.25) is 5.43 Å². The van der Waals surface area contributed by atoms with Crippen molar-refractivity contribution in [3.63, 3.8) is 0 Å². The average molecular weight is 464 g/mol. The minimum absolute atomic E-state index is 0.0830. The number of para-hydroxylation sites is 1. The van der Waals surface area contributed by atoms with E-state index >= 15 is 0 Å². The number of azo groups is 1. The lowest BCUT2D eigenvalue weighted by atomic mass is 10.3. The van der Waals surface area contributed by atoms with Gasteiger partial charge in [-0.05, 0) is 31.2 Å². The Kier molecular flexibility index (Phi) is 7.34. The summed E-state index contributed by atoms with van der Waals surface area (Å²) >= 11 is 13.1. The van der Waals surface area contributed by atoms with Crippen LogP contribution in [0.1, 0.15) is 11.9 Å². The van der Waals surface area contributed by atoms with E-state index in [1.54, 1.807) is 55.5 Å². The number of rotatable bonds is 7. The molecule has 0 radical (unpaired) electrons. The Bertz CT molecular complexity index is 1120. The zero-order valence-electron chi connectivity index (χ0n) is 15.5. The van der Waals surface area contributed by atoms with Crippen LogP contribution in [0.25, 0.3) is 0 Å². The summed E-state index contributed by atoms with van der Waals surface area (Å²) in [5, 5.41) is 23.2. The maximum Gasteiger partial charge on any atom is 0.361 e. The fraction of sp³-hybridized carbons (Fsp3) is 0.105. The van der Waals surface area contributed by atoms with Crippen molar-refractivity contribution >= 4 is 62.6 Å². The second-order valence-electron chi connectivity index (χ2n) is 5.57. The van der Waals surface area contributed by atoms with Crippen molar-refractivity contribution in [1.82, 2.24) is 4.98 Å². The Morgan fingerprint density at radius 2 is 1.83 bits per heavy atom. The van der Waals surface area contributed by atoms with Crippen LogP contribution in [0.15, 0.2) is 63.9 Å². The SMILES string of the molecule is CCOC(=O)C(=NNc1ccccc1Cl)c1nc(O)c(N=Nc2ccccc2Cl)s1. The molecule has 3 rings (SSSR count). The van der Waals surface area contributed by atoms with E-state index in [1.165, 1.54) is 0 Å². The smallest absolute Gasteiger partial charge is 0.361 e. The number of ether oxygens (including phenoxy) is 1. The van der Waals surface area contributed by atoms with Gasteiger partial charge in [0, 0.05) is 0 Å². The van der Waals surface area contributed by atoms with E-state index in [1.807, 2.05) is 0 Å². The number of anilines is 1. The normalized spacial score (nSPS) is 11.6. The number of esters is 1. The monoisotopic (exact) mass is 463 g/mol. The molecule has 0 aliphatic rings. The van der Waals surface area contributed by atoms with Gasteiger partial charge < -0.3 is 9.84 Å². The first-order chi connectivity index (χ1) is 14.5. The first-order valence-corrected chi connectivity index (χ1v) is 10.2. The number of hydrazone groups is 1. The third kappa shape index (κ3) is 5.32. The Hall–Kier alpha value is -3.01. The molecule has 0 saturated heterocycles. The number of aromatic hydroxyl groups is 1. The largest absolute Gasteiger partial charge is 0.491 e. The van der Waals surface area contributed by atoms with Gasteiger partial charge in [-0.1, -0.05) is 58.8 Å². The first-order valence-electron chi connectivity index (χ1n) is 8.61. The summed E-state index contributed by atoms with van der Waals surface area (Å²) in [5.74, 6) is -1.12. The lowest BCUT2D eigenvalue weighted by Crippen LogP contribution is -2.20. The Morgan fingerprint density at radius 1 is 1.13 bits per heavy atom. The maximum absolute atomic E-state index is 12.4. The van der Waals surface area contributed by atoms with Gasteiger partial charge >= 0.3 is 5.97 Å². The fourth-order valence-electron chi connectivity index (χ4n) is 2.15. The highest BCUT2D eigenvalue weighted by Gasteiger charge is 2.23. The van der Waals surface area contributed by atoms with Crippen molar-refractivity contribution < 1.29 is 14.6 Å². The summed E-state index contributed by atoms with van der Waals surface area (Å²) in [7, 11) is 0. The van der Waals surface area contributed by atoms with Crippen LogP contribution in [0.2, 0.25) is 10.0 Å². The van der Waals surface area contributed by atoms with Gasteiger partial charge in [0.1, 0.15) is 5.69 Å². The topological polar surface area (TPSA) is 109 Å². The van der Waals surface area contributed by atoms with E-state index in [-0.39, 0.29) is 22.3 Å². The van der Waals surface area contributed by atoms with Crippen LogP contribution in [0.4, 0.5) is 16.4 Å². The molecule has 2 N–H and O–H groups in total. The fourth-order valence-corrected chi connectivity index (χ4v) is 3.26. The molecule has 0 spiro atoms. The maximum atomic E-state index is 12.4. The molecule has 30 heavy (non-hydrogen) atoms. The Labute approximate surface area is 185 Å². The van der Waals surface area contributed by atoms with Crippen molar-refractivity contribution in [2.75, 3.05) is 12.0 Å². The van der Waals surface area contributed by atoms with E-state index in [0.29, 0.717) is 21.4 Å². The van der Waals surface area contributed by atoms with Crippen LogP contribution >= 0.6 is 34.5 Å². The van der Waals surface area contributed by atoms with Gasteiger partial charge in [-0.25, -0.2) is 4.79 Å². The van der Waals surface area contributed by atoms with Crippen LogP contribution in [0.3, 0.4) is 0 Å². The van der Waals surface area contributed by atoms with E-state index in [2.05, 4.69) is 25.7 Å². The highest BCUT2D eigenvalue weighted by atomic mass is 35.5. The molecule has 0 aliphatic heterocycles. The highest BCUT2D eigenvalue weighted by molar-refractivity contribution is 7.18. The number of hydrogen-bond acceptors (Lipinski definition) is 9. The number of thiazole rings is 1. The molecule has 0 atom stereocenters. The highest BCUT2D eigenvalue weighted by Crippen LogP contribution is 2.36. The molecule has 0 fully saturated rings. The van der Waals surface area contributed by atoms with Gasteiger partial charge in [0.25, 0.3) is 5.88 Å². The molecule has 8 nitrogen and oxygen atoms in total. The minimum atomic E-state index is -0.722. The summed E-state index contributed by atoms with van der Waals surface area (Å²) in [6.07, 6.45) is 0. The van der Waals surface area contributed by atoms with E-state index in [4.69, 9.17) is 27.9 Å². The molecule has 1 aromatic heterocycles. The van der Waals surface area contributed by atoms with Crippen molar-refractivity contribution in [2.45, 2.75) is 6.92 Å². The summed E-state index contributed by atoms with van der Waals surface area (Å²) in [5.41, 5.74) is 3.48. The van der Waals surface area contributed by atoms with Gasteiger partial charge in [0.05, 0.1) is 22.3 Å². The molecule has 1 heterocycles. The summed E-state index contributed by atoms with van der Waals surface area (Å²) in [4.78, 5) is 16.3. The minimum Gasteiger partial charge on any atom is -0.491 e. The zero-order valence-corrected chi connectivity index (χ0v) is 17.9. The zero-order chi connectivity index (χ0) is 21.5. The molecule has 0 aliphatic carbocycles. The molecular weight excluding hydrogens is 449 g/mol. The van der Waals surface area contributed by atoms with Crippen LogP contribution in [0.5, 0.6) is 5.88 Å². The van der Waals surface area contributed by atoms with Crippen molar-refractivity contribution in [3.05, 3.63) is 63.6 Å². The molecule has 0 amide bonds. The van der Waals surface area contributed by atoms with Crippen LogP contribution in [-0.4, -0.2) is 28.4 Å². The second-order valence-corrected chi connectivity index (χ2v) is 7.36. The van der Waals surface area contributed by atoms with Crippen LogP contribution in [0, 0.1) is 0 Å². The average Bonchev–Trinajstić information content (AvgIpc) is 3.09. The predicted molar refractivity (Wildman–Crippen MR) is 118 cm³/mol. The number of nitrogens with one attached hydrogen (secondary N) is 1. The third-order valence-electron chi connectivity index (χ3n) is 3.53. The lowest BCUT2D eigenvalue weighted by Gasteiger charge is -2.06. The lowest BCUT2D eigenvalue weighted by molar-refractivity contribution is -0.134. The number of carbonyl (C=O) groups is 1. The molecule has 11 heteroatoms. The summed E-state index contributed by atoms with van der Waals surface area (Å²) in [6.45, 7) is 1.81. The first kappa shape index (κ1) is 21.7. The summed E-state index contributed by atoms with van der Waals surface area (Å²) < 4.78 is 5.04. The molecule has 3 aromatic rings. The van der Waals surface area contributed by atoms with Gasteiger partial charge in [0.15, 0.2) is 5.01 Å². The predicted octanol–water partition coefficient (Wildman–Crippen LogP) is 5.95. The number of halogens is 2. The number of nitrogens with zero attached hydrogens (tertiary/aromatic N) is 4. The van der Waals surface area contributed by atoms with Gasteiger partial charge in [-0.2, -0.15) is 10.1 Å². The molecule has 0 unspecified atom stereocenters. The van der Waals surface area contributed by atoms with Gasteiger partial charge in [-0.15, -0.1) is 10.2 Å². The van der Waals surface area contributed by atoms with Crippen molar-refractivity contribution in [1.29, 1.82) is 0 Å². The summed E-state index contributed by atoms with van der Waals surface area (Å²) in [6, 6.07) is 13.7. The number of aromatic nitrogens is 1. The van der Waals surface area contributed by atoms with Crippen LogP contribution < -0.4 is 5.43 Å². The second kappa shape index (κ2) is 10.1. The third-order valence-corrected chi connectivity index (χ3v) is 5.11. The molecule has 0 saturated carbocycles. The number of hydrogen-bond donors (Lipinski definition) is 2.